The number of guanidine groups is 1. The molecule has 1 amide bonds. The topological polar surface area (TPSA) is 75.2 Å². The predicted molar refractivity (Wildman–Crippen MR) is 123 cm³/mol. The number of amides is 1. The molecule has 1 aliphatic rings. The Morgan fingerprint density at radius 2 is 1.96 bits per heavy atom. The number of likely N-dealkylation sites (tertiary alicyclic amines) is 1. The van der Waals surface area contributed by atoms with E-state index in [-0.39, 0.29) is 42.2 Å². The fourth-order valence-electron chi connectivity index (χ4n) is 2.84. The normalized spacial score (nSPS) is 16.0. The number of rotatable bonds is 6. The summed E-state index contributed by atoms with van der Waals surface area (Å²) < 4.78 is 10.9. The van der Waals surface area contributed by atoms with Gasteiger partial charge in [0.15, 0.2) is 5.96 Å². The van der Waals surface area contributed by atoms with E-state index in [0.717, 1.165) is 24.6 Å². The number of carbonyl (C=O) groups excluding carboxylic acids is 1. The third-order valence-electron chi connectivity index (χ3n) is 4.29. The SMILES string of the molecule is CCOC(=O)N1CCC(NC(=NC)NCC(C)Oc2ccc(Cl)cc2)CC1.I. The molecule has 0 spiro atoms. The van der Waals surface area contributed by atoms with E-state index in [2.05, 4.69) is 15.6 Å². The minimum Gasteiger partial charge on any atom is -0.489 e. The van der Waals surface area contributed by atoms with Crippen LogP contribution in [0.15, 0.2) is 29.3 Å². The molecule has 9 heteroatoms. The number of carbonyl (C=O) groups is 1. The maximum Gasteiger partial charge on any atom is 0.409 e. The Kier molecular flexibility index (Phi) is 11.4. The van der Waals surface area contributed by atoms with Gasteiger partial charge in [0, 0.05) is 31.2 Å². The monoisotopic (exact) mass is 524 g/mol. The van der Waals surface area contributed by atoms with Gasteiger partial charge in [0.05, 0.1) is 13.2 Å². The molecule has 0 saturated carbocycles. The van der Waals surface area contributed by atoms with E-state index in [0.29, 0.717) is 31.3 Å². The van der Waals surface area contributed by atoms with Crippen LogP contribution >= 0.6 is 35.6 Å². The van der Waals surface area contributed by atoms with E-state index in [1.807, 2.05) is 26.0 Å². The summed E-state index contributed by atoms with van der Waals surface area (Å²) in [5, 5.41) is 7.38. The number of nitrogens with zero attached hydrogens (tertiary/aromatic N) is 2. The van der Waals surface area contributed by atoms with Gasteiger partial charge in [0.25, 0.3) is 0 Å². The molecule has 1 aromatic carbocycles. The van der Waals surface area contributed by atoms with Crippen LogP contribution in [-0.2, 0) is 4.74 Å². The number of piperidine rings is 1. The van der Waals surface area contributed by atoms with Gasteiger partial charge in [0.2, 0.25) is 0 Å². The van der Waals surface area contributed by atoms with Crippen LogP contribution in [-0.4, -0.2) is 62.4 Å². The van der Waals surface area contributed by atoms with Gasteiger partial charge >= 0.3 is 6.09 Å². The van der Waals surface area contributed by atoms with E-state index in [1.54, 1.807) is 24.1 Å². The number of nitrogens with one attached hydrogen (secondary N) is 2. The largest absolute Gasteiger partial charge is 0.489 e. The Morgan fingerprint density at radius 1 is 1.32 bits per heavy atom. The van der Waals surface area contributed by atoms with Gasteiger partial charge in [-0.05, 0) is 51.0 Å². The molecular weight excluding hydrogens is 495 g/mol. The maximum absolute atomic E-state index is 11.8. The highest BCUT2D eigenvalue weighted by atomic mass is 127. The number of hydrogen-bond donors (Lipinski definition) is 2. The molecule has 7 nitrogen and oxygen atoms in total. The molecule has 2 N–H and O–H groups in total. The van der Waals surface area contributed by atoms with Crippen molar-refractivity contribution in [1.29, 1.82) is 0 Å². The van der Waals surface area contributed by atoms with E-state index in [1.165, 1.54) is 0 Å². The lowest BCUT2D eigenvalue weighted by molar-refractivity contribution is 0.0963. The molecule has 1 aromatic rings. The average molecular weight is 525 g/mol. The van der Waals surface area contributed by atoms with Crippen molar-refractivity contribution in [3.8, 4) is 5.75 Å². The minimum atomic E-state index is -0.230. The van der Waals surface area contributed by atoms with Crippen LogP contribution in [0, 0.1) is 0 Å². The van der Waals surface area contributed by atoms with Gasteiger partial charge in [-0.3, -0.25) is 4.99 Å². The van der Waals surface area contributed by atoms with Crippen LogP contribution in [0.25, 0.3) is 0 Å². The Morgan fingerprint density at radius 3 is 2.54 bits per heavy atom. The molecule has 1 saturated heterocycles. The Labute approximate surface area is 189 Å². The molecule has 1 unspecified atom stereocenters. The molecule has 0 radical (unpaired) electrons. The highest BCUT2D eigenvalue weighted by molar-refractivity contribution is 14.0. The minimum absolute atomic E-state index is 0. The Hall–Kier alpha value is -1.42. The Balaban J connectivity index is 0.00000392. The first-order valence-electron chi connectivity index (χ1n) is 9.33. The van der Waals surface area contributed by atoms with Gasteiger partial charge in [-0.1, -0.05) is 11.6 Å². The van der Waals surface area contributed by atoms with Gasteiger partial charge < -0.3 is 25.0 Å². The summed E-state index contributed by atoms with van der Waals surface area (Å²) in [6.07, 6.45) is 1.45. The van der Waals surface area contributed by atoms with E-state index in [9.17, 15) is 4.79 Å². The molecule has 0 aliphatic carbocycles. The summed E-state index contributed by atoms with van der Waals surface area (Å²) in [6, 6.07) is 7.58. The first-order valence-corrected chi connectivity index (χ1v) is 9.70. The number of hydrogen-bond acceptors (Lipinski definition) is 4. The molecule has 1 aliphatic heterocycles. The van der Waals surface area contributed by atoms with Crippen LogP contribution in [0.5, 0.6) is 5.75 Å². The fraction of sp³-hybridized carbons (Fsp3) is 0.579. The summed E-state index contributed by atoms with van der Waals surface area (Å²) >= 11 is 5.88. The summed E-state index contributed by atoms with van der Waals surface area (Å²) in [6.45, 7) is 6.20. The third-order valence-corrected chi connectivity index (χ3v) is 4.55. The standard InChI is InChI=1S/C19H29ClN4O3.HI/c1-4-26-19(25)24-11-9-16(10-12-24)23-18(21-3)22-13-14(2)27-17-7-5-15(20)6-8-17;/h5-8,14,16H,4,9-13H2,1-3H3,(H2,21,22,23);1H. The molecule has 0 bridgehead atoms. The van der Waals surface area contributed by atoms with Crippen molar-refractivity contribution in [3.63, 3.8) is 0 Å². The van der Waals surface area contributed by atoms with Crippen LogP contribution in [0.1, 0.15) is 26.7 Å². The summed E-state index contributed by atoms with van der Waals surface area (Å²) in [5.74, 6) is 1.51. The van der Waals surface area contributed by atoms with Gasteiger partial charge in [0.1, 0.15) is 11.9 Å². The zero-order valence-corrected chi connectivity index (χ0v) is 19.7. The lowest BCUT2D eigenvalue weighted by Gasteiger charge is -2.32. The van der Waals surface area contributed by atoms with Crippen LogP contribution < -0.4 is 15.4 Å². The number of ether oxygens (including phenoxy) is 2. The lowest BCUT2D eigenvalue weighted by Crippen LogP contribution is -2.50. The second-order valence-electron chi connectivity index (χ2n) is 6.44. The molecule has 158 valence electrons. The quantitative estimate of drug-likeness (QED) is 0.338. The van der Waals surface area contributed by atoms with Crippen molar-refractivity contribution in [2.24, 2.45) is 4.99 Å². The van der Waals surface area contributed by atoms with Crippen LogP contribution in [0.2, 0.25) is 5.02 Å². The molecule has 1 atom stereocenters. The molecular formula is C19H30ClIN4O3. The van der Waals surface area contributed by atoms with E-state index in [4.69, 9.17) is 21.1 Å². The molecule has 28 heavy (non-hydrogen) atoms. The second kappa shape index (κ2) is 12.9. The van der Waals surface area contributed by atoms with Crippen LogP contribution in [0.4, 0.5) is 4.79 Å². The zero-order chi connectivity index (χ0) is 19.6. The average Bonchev–Trinajstić information content (AvgIpc) is 2.67. The maximum atomic E-state index is 11.8. The number of halogens is 2. The van der Waals surface area contributed by atoms with Gasteiger partial charge in [-0.15, -0.1) is 24.0 Å². The molecule has 1 fully saturated rings. The fourth-order valence-corrected chi connectivity index (χ4v) is 2.96. The van der Waals surface area contributed by atoms with Crippen molar-refractivity contribution in [3.05, 3.63) is 29.3 Å². The van der Waals surface area contributed by atoms with Crippen molar-refractivity contribution >= 4 is 47.6 Å². The van der Waals surface area contributed by atoms with E-state index < -0.39 is 0 Å². The molecule has 0 aromatic heterocycles. The van der Waals surface area contributed by atoms with Crippen molar-refractivity contribution < 1.29 is 14.3 Å². The second-order valence-corrected chi connectivity index (χ2v) is 6.88. The molecule has 2 rings (SSSR count). The van der Waals surface area contributed by atoms with Crippen LogP contribution in [0.3, 0.4) is 0 Å². The lowest BCUT2D eigenvalue weighted by atomic mass is 10.1. The van der Waals surface area contributed by atoms with Gasteiger partial charge in [-0.2, -0.15) is 0 Å². The zero-order valence-electron chi connectivity index (χ0n) is 16.6. The predicted octanol–water partition coefficient (Wildman–Crippen LogP) is 3.51. The number of benzene rings is 1. The summed E-state index contributed by atoms with van der Waals surface area (Å²) in [4.78, 5) is 17.8. The first-order chi connectivity index (χ1) is 13.0. The Bertz CT molecular complexity index is 622. The summed E-state index contributed by atoms with van der Waals surface area (Å²) in [7, 11) is 1.74. The van der Waals surface area contributed by atoms with Crippen molar-refractivity contribution in [1.82, 2.24) is 15.5 Å². The highest BCUT2D eigenvalue weighted by Crippen LogP contribution is 2.16. The first kappa shape index (κ1) is 24.6. The van der Waals surface area contributed by atoms with E-state index >= 15 is 0 Å². The highest BCUT2D eigenvalue weighted by Gasteiger charge is 2.24. The van der Waals surface area contributed by atoms with Gasteiger partial charge in [-0.25, -0.2) is 4.79 Å². The number of aliphatic imine (C=N–C) groups is 1. The summed E-state index contributed by atoms with van der Waals surface area (Å²) in [5.41, 5.74) is 0. The third kappa shape index (κ3) is 8.30. The smallest absolute Gasteiger partial charge is 0.409 e. The van der Waals surface area contributed by atoms with Crippen molar-refractivity contribution in [2.45, 2.75) is 38.8 Å². The molecule has 1 heterocycles. The van der Waals surface area contributed by atoms with Crippen molar-refractivity contribution in [2.75, 3.05) is 33.3 Å².